The minimum Gasteiger partial charge on any atom is -0.495 e. The van der Waals surface area contributed by atoms with Gasteiger partial charge in [0.25, 0.3) is 0 Å². The molecule has 2 fully saturated rings. The molecule has 2 aromatic carbocycles. The number of carbonyl (C=O) groups is 1. The van der Waals surface area contributed by atoms with E-state index >= 15 is 0 Å². The Bertz CT molecular complexity index is 964. The molecule has 2 aromatic rings. The lowest BCUT2D eigenvalue weighted by atomic mass is 10.1. The van der Waals surface area contributed by atoms with Crippen LogP contribution in [0.15, 0.2) is 54.6 Å². The van der Waals surface area contributed by atoms with Crippen LogP contribution in [0.25, 0.3) is 0 Å². The molecule has 1 aliphatic heterocycles. The Labute approximate surface area is 216 Å². The van der Waals surface area contributed by atoms with Gasteiger partial charge >= 0.3 is 6.03 Å². The summed E-state index contributed by atoms with van der Waals surface area (Å²) >= 11 is 0. The topological polar surface area (TPSA) is 73.8 Å². The van der Waals surface area contributed by atoms with Crippen LogP contribution >= 0.6 is 0 Å². The first kappa shape index (κ1) is 27.6. The summed E-state index contributed by atoms with van der Waals surface area (Å²) in [5, 5.41) is 15.6. The summed E-state index contributed by atoms with van der Waals surface area (Å²) in [6, 6.07) is 17.7. The molecule has 1 atom stereocenters. The predicted molar refractivity (Wildman–Crippen MR) is 146 cm³/mol. The van der Waals surface area contributed by atoms with Gasteiger partial charge in [-0.05, 0) is 69.3 Å². The third-order valence-corrected chi connectivity index (χ3v) is 6.67. The van der Waals surface area contributed by atoms with Crippen molar-refractivity contribution < 1.29 is 14.6 Å². The number of aliphatic hydroxyl groups excluding tert-OH is 1. The molecule has 2 aliphatic rings. The van der Waals surface area contributed by atoms with Gasteiger partial charge < -0.3 is 25.4 Å². The number of anilines is 1. The third-order valence-electron chi connectivity index (χ3n) is 6.67. The van der Waals surface area contributed by atoms with Crippen LogP contribution in [0.2, 0.25) is 0 Å². The zero-order valence-corrected chi connectivity index (χ0v) is 21.5. The molecule has 0 spiro atoms. The fraction of sp³-hybridized carbons (Fsp3) is 0.500. The molecule has 194 valence electrons. The first-order valence-electron chi connectivity index (χ1n) is 13.3. The zero-order valence-electron chi connectivity index (χ0n) is 21.5. The molecule has 4 rings (SSSR count). The second kappa shape index (κ2) is 15.9. The van der Waals surface area contributed by atoms with Gasteiger partial charge in [0.15, 0.2) is 0 Å². The standard InChI is InChI=1S/C17H27N3O3.C13H14/c1-23-16-9-3-2-8-15(16)19-17(22)20-11-5-4-10-18-14(13-21)7-6-12-20;1-2-6-12(7-3-1)10-11-13-8-4-5-9-13/h2-3,8-9,14,18,21H,4-7,10-13H2,1H3,(H,19,22);1-3,6-7,13H,4-5,8-9H2. The first-order valence-corrected chi connectivity index (χ1v) is 13.3. The zero-order chi connectivity index (χ0) is 25.4. The van der Waals surface area contributed by atoms with Gasteiger partial charge in [0.05, 0.1) is 19.4 Å². The molecular formula is C30H41N3O3. The first-order chi connectivity index (χ1) is 17.7. The Hall–Kier alpha value is -3.01. The van der Waals surface area contributed by atoms with Crippen molar-refractivity contribution in [3.05, 3.63) is 60.2 Å². The monoisotopic (exact) mass is 491 g/mol. The Kier molecular flexibility index (Phi) is 12.2. The number of carbonyl (C=O) groups excluding carboxylic acids is 1. The number of ether oxygens (including phenoxy) is 1. The van der Waals surface area contributed by atoms with Crippen LogP contribution in [0.4, 0.5) is 10.5 Å². The molecule has 1 heterocycles. The summed E-state index contributed by atoms with van der Waals surface area (Å²) < 4.78 is 5.27. The van der Waals surface area contributed by atoms with Crippen LogP contribution in [0.5, 0.6) is 5.75 Å². The third kappa shape index (κ3) is 9.56. The van der Waals surface area contributed by atoms with Crippen LogP contribution in [0.3, 0.4) is 0 Å². The minimum absolute atomic E-state index is 0.0939. The maximum atomic E-state index is 12.5. The number of methoxy groups -OCH3 is 1. The van der Waals surface area contributed by atoms with E-state index in [1.54, 1.807) is 7.11 Å². The van der Waals surface area contributed by atoms with Gasteiger partial charge in [0, 0.05) is 30.6 Å². The minimum atomic E-state index is -0.0939. The normalized spacial score (nSPS) is 18.7. The number of rotatable bonds is 3. The van der Waals surface area contributed by atoms with E-state index in [2.05, 4.69) is 34.6 Å². The van der Waals surface area contributed by atoms with Gasteiger partial charge in [-0.3, -0.25) is 0 Å². The summed E-state index contributed by atoms with van der Waals surface area (Å²) in [5.74, 6) is 7.91. The number of nitrogens with zero attached hydrogens (tertiary/aromatic N) is 1. The molecule has 6 nitrogen and oxygen atoms in total. The molecular weight excluding hydrogens is 450 g/mol. The highest BCUT2D eigenvalue weighted by molar-refractivity contribution is 5.91. The van der Waals surface area contributed by atoms with Crippen LogP contribution in [0, 0.1) is 17.8 Å². The highest BCUT2D eigenvalue weighted by Gasteiger charge is 2.17. The number of hydrogen-bond acceptors (Lipinski definition) is 4. The number of hydrogen-bond donors (Lipinski definition) is 3. The second-order valence-electron chi connectivity index (χ2n) is 9.42. The smallest absolute Gasteiger partial charge is 0.321 e. The van der Waals surface area contributed by atoms with Crippen LogP contribution in [-0.2, 0) is 0 Å². The van der Waals surface area contributed by atoms with Crippen LogP contribution < -0.4 is 15.4 Å². The number of aliphatic hydroxyl groups is 1. The van der Waals surface area contributed by atoms with Crippen LogP contribution in [-0.4, -0.2) is 55.4 Å². The summed E-state index contributed by atoms with van der Waals surface area (Å²) in [5.41, 5.74) is 1.83. The van der Waals surface area contributed by atoms with Gasteiger partial charge in [0.1, 0.15) is 5.75 Å². The summed E-state index contributed by atoms with van der Waals surface area (Å²) in [6.07, 6.45) is 9.04. The number of nitrogens with one attached hydrogen (secondary N) is 2. The van der Waals surface area contributed by atoms with Gasteiger partial charge in [-0.2, -0.15) is 0 Å². The average molecular weight is 492 g/mol. The summed E-state index contributed by atoms with van der Waals surface area (Å²) in [4.78, 5) is 14.4. The molecule has 1 aliphatic carbocycles. The lowest BCUT2D eigenvalue weighted by molar-refractivity contribution is 0.198. The maximum Gasteiger partial charge on any atom is 0.321 e. The largest absolute Gasteiger partial charge is 0.495 e. The van der Waals surface area contributed by atoms with Crippen molar-refractivity contribution in [2.75, 3.05) is 38.7 Å². The molecule has 1 saturated heterocycles. The van der Waals surface area contributed by atoms with Gasteiger partial charge in [0.2, 0.25) is 0 Å². The summed E-state index contributed by atoms with van der Waals surface area (Å²) in [6.45, 7) is 2.46. The van der Waals surface area contributed by atoms with Crippen molar-refractivity contribution in [2.45, 2.75) is 57.4 Å². The van der Waals surface area contributed by atoms with Crippen molar-refractivity contribution in [2.24, 2.45) is 5.92 Å². The van der Waals surface area contributed by atoms with Crippen molar-refractivity contribution in [1.29, 1.82) is 0 Å². The van der Waals surface area contributed by atoms with E-state index in [9.17, 15) is 9.90 Å². The van der Waals surface area contributed by atoms with E-state index in [1.807, 2.05) is 47.4 Å². The highest BCUT2D eigenvalue weighted by atomic mass is 16.5. The quantitative estimate of drug-likeness (QED) is 0.511. The number of benzene rings is 2. The van der Waals surface area contributed by atoms with Crippen molar-refractivity contribution in [1.82, 2.24) is 10.2 Å². The number of para-hydroxylation sites is 2. The van der Waals surface area contributed by atoms with E-state index in [0.29, 0.717) is 23.9 Å². The van der Waals surface area contributed by atoms with E-state index in [1.165, 1.54) is 25.7 Å². The second-order valence-corrected chi connectivity index (χ2v) is 9.42. The molecule has 36 heavy (non-hydrogen) atoms. The van der Waals surface area contributed by atoms with E-state index in [4.69, 9.17) is 4.74 Å². The van der Waals surface area contributed by atoms with Crippen LogP contribution in [0.1, 0.15) is 56.9 Å². The van der Waals surface area contributed by atoms with Gasteiger partial charge in [-0.15, -0.1) is 0 Å². The Morgan fingerprint density at radius 1 is 1.00 bits per heavy atom. The molecule has 0 bridgehead atoms. The Morgan fingerprint density at radius 2 is 1.72 bits per heavy atom. The summed E-state index contributed by atoms with van der Waals surface area (Å²) in [7, 11) is 1.59. The Balaban J connectivity index is 0.000000233. The molecule has 1 unspecified atom stereocenters. The molecule has 0 aromatic heterocycles. The number of urea groups is 1. The SMILES string of the molecule is C(#CC1CCCC1)c1ccccc1.COc1ccccc1NC(=O)N1CCCCNC(CO)CCC1. The molecule has 2 amide bonds. The fourth-order valence-corrected chi connectivity index (χ4v) is 4.55. The lowest BCUT2D eigenvalue weighted by Crippen LogP contribution is -2.40. The lowest BCUT2D eigenvalue weighted by Gasteiger charge is -2.26. The number of amides is 2. The molecule has 6 heteroatoms. The van der Waals surface area contributed by atoms with Gasteiger partial charge in [-0.1, -0.05) is 55.0 Å². The van der Waals surface area contributed by atoms with E-state index < -0.39 is 0 Å². The maximum absolute atomic E-state index is 12.5. The average Bonchev–Trinajstić information content (AvgIpc) is 3.45. The van der Waals surface area contributed by atoms with Crippen molar-refractivity contribution in [3.63, 3.8) is 0 Å². The van der Waals surface area contributed by atoms with E-state index in [-0.39, 0.29) is 18.7 Å². The van der Waals surface area contributed by atoms with E-state index in [0.717, 1.165) is 44.3 Å². The fourth-order valence-electron chi connectivity index (χ4n) is 4.55. The predicted octanol–water partition coefficient (Wildman–Crippen LogP) is 5.28. The Morgan fingerprint density at radius 3 is 2.47 bits per heavy atom. The molecule has 3 N–H and O–H groups in total. The van der Waals surface area contributed by atoms with Gasteiger partial charge in [-0.25, -0.2) is 4.79 Å². The van der Waals surface area contributed by atoms with Crippen molar-refractivity contribution >= 4 is 11.7 Å². The molecule has 1 saturated carbocycles. The highest BCUT2D eigenvalue weighted by Crippen LogP contribution is 2.24. The van der Waals surface area contributed by atoms with Crippen molar-refractivity contribution in [3.8, 4) is 17.6 Å². The molecule has 0 radical (unpaired) electrons.